The largest absolute Gasteiger partial charge is 0.494 e. The maximum Gasteiger partial charge on any atom is 0.128 e. The number of ether oxygens (including phenoxy) is 1. The molecular weight excluding hydrogens is 322 g/mol. The second-order valence-electron chi connectivity index (χ2n) is 7.99. The zero-order chi connectivity index (χ0) is 18.4. The van der Waals surface area contributed by atoms with Crippen molar-refractivity contribution in [3.8, 4) is 5.75 Å². The number of hydrogen-bond acceptors (Lipinski definition) is 4. The van der Waals surface area contributed by atoms with Gasteiger partial charge < -0.3 is 9.64 Å². The van der Waals surface area contributed by atoms with Gasteiger partial charge in [0.25, 0.3) is 0 Å². The molecule has 1 aliphatic rings. The number of nitrogens with zero attached hydrogens (tertiary/aromatic N) is 3. The van der Waals surface area contributed by atoms with E-state index in [4.69, 9.17) is 4.74 Å². The molecule has 4 heteroatoms. The number of aromatic nitrogens is 1. The van der Waals surface area contributed by atoms with Gasteiger partial charge in [0.2, 0.25) is 0 Å². The summed E-state index contributed by atoms with van der Waals surface area (Å²) >= 11 is 0. The zero-order valence-corrected chi connectivity index (χ0v) is 16.3. The fourth-order valence-corrected chi connectivity index (χ4v) is 3.27. The highest BCUT2D eigenvalue weighted by Crippen LogP contribution is 2.24. The molecule has 0 radical (unpaired) electrons. The van der Waals surface area contributed by atoms with Crippen LogP contribution < -0.4 is 9.64 Å². The highest BCUT2D eigenvalue weighted by Gasteiger charge is 2.17. The summed E-state index contributed by atoms with van der Waals surface area (Å²) < 4.78 is 5.91. The molecule has 0 bridgehead atoms. The van der Waals surface area contributed by atoms with E-state index in [2.05, 4.69) is 72.0 Å². The number of piperazine rings is 1. The molecule has 0 spiro atoms. The highest BCUT2D eigenvalue weighted by molar-refractivity contribution is 5.38. The normalized spacial score (nSPS) is 15.9. The van der Waals surface area contributed by atoms with Crippen molar-refractivity contribution in [2.45, 2.75) is 32.6 Å². The Morgan fingerprint density at radius 2 is 1.69 bits per heavy atom. The summed E-state index contributed by atoms with van der Waals surface area (Å²) in [6.45, 7) is 12.8. The van der Waals surface area contributed by atoms with Gasteiger partial charge in [0.15, 0.2) is 0 Å². The fourth-order valence-electron chi connectivity index (χ4n) is 3.27. The van der Waals surface area contributed by atoms with Crippen molar-refractivity contribution < 1.29 is 4.74 Å². The van der Waals surface area contributed by atoms with E-state index in [1.807, 2.05) is 12.3 Å². The van der Waals surface area contributed by atoms with Crippen LogP contribution >= 0.6 is 0 Å². The number of hydrogen-bond donors (Lipinski definition) is 0. The average molecular weight is 354 g/mol. The summed E-state index contributed by atoms with van der Waals surface area (Å²) in [7, 11) is 0. The van der Waals surface area contributed by atoms with Crippen molar-refractivity contribution in [1.29, 1.82) is 0 Å². The molecule has 2 aromatic rings. The summed E-state index contributed by atoms with van der Waals surface area (Å²) in [4.78, 5) is 9.33. The van der Waals surface area contributed by atoms with E-state index < -0.39 is 0 Å². The van der Waals surface area contributed by atoms with Gasteiger partial charge in [0.1, 0.15) is 11.6 Å². The number of anilines is 1. The van der Waals surface area contributed by atoms with Gasteiger partial charge in [-0.05, 0) is 41.7 Å². The maximum atomic E-state index is 5.91. The lowest BCUT2D eigenvalue weighted by atomic mass is 9.87. The molecule has 2 heterocycles. The predicted octanol–water partition coefficient (Wildman–Crippen LogP) is 3.97. The fraction of sp³-hybridized carbons (Fsp3) is 0.500. The van der Waals surface area contributed by atoms with Crippen LogP contribution in [0.1, 0.15) is 32.8 Å². The molecule has 1 saturated heterocycles. The van der Waals surface area contributed by atoms with Crippen molar-refractivity contribution in [2.24, 2.45) is 0 Å². The van der Waals surface area contributed by atoms with Crippen LogP contribution in [0.4, 0.5) is 5.82 Å². The first-order valence-electron chi connectivity index (χ1n) is 9.64. The zero-order valence-electron chi connectivity index (χ0n) is 16.3. The van der Waals surface area contributed by atoms with Gasteiger partial charge in [-0.3, -0.25) is 4.90 Å². The molecule has 1 aliphatic heterocycles. The van der Waals surface area contributed by atoms with Crippen LogP contribution in [-0.4, -0.2) is 49.2 Å². The molecule has 0 saturated carbocycles. The second kappa shape index (κ2) is 8.54. The predicted molar refractivity (Wildman–Crippen MR) is 108 cm³/mol. The molecule has 3 rings (SSSR count). The first-order chi connectivity index (χ1) is 12.5. The van der Waals surface area contributed by atoms with E-state index in [0.29, 0.717) is 0 Å². The Morgan fingerprint density at radius 1 is 0.962 bits per heavy atom. The van der Waals surface area contributed by atoms with Crippen LogP contribution in [0.15, 0.2) is 48.7 Å². The van der Waals surface area contributed by atoms with Gasteiger partial charge in [-0.2, -0.15) is 0 Å². The van der Waals surface area contributed by atoms with E-state index in [9.17, 15) is 0 Å². The number of rotatable bonds is 6. The third-order valence-electron chi connectivity index (χ3n) is 4.95. The van der Waals surface area contributed by atoms with E-state index in [0.717, 1.165) is 57.3 Å². The Bertz CT molecular complexity index is 656. The molecule has 1 aromatic carbocycles. The molecule has 1 aromatic heterocycles. The minimum Gasteiger partial charge on any atom is -0.494 e. The van der Waals surface area contributed by atoms with Crippen LogP contribution in [0.3, 0.4) is 0 Å². The van der Waals surface area contributed by atoms with Crippen LogP contribution in [0.25, 0.3) is 0 Å². The SMILES string of the molecule is CC(C)(C)c1ccc(OCCCN2CCN(c3ccccn3)CC2)cc1. The lowest BCUT2D eigenvalue weighted by molar-refractivity contribution is 0.224. The molecular formula is C22H31N3O. The first-order valence-corrected chi connectivity index (χ1v) is 9.64. The minimum absolute atomic E-state index is 0.190. The van der Waals surface area contributed by atoms with E-state index in [1.54, 1.807) is 0 Å². The molecule has 0 unspecified atom stereocenters. The number of pyridine rings is 1. The minimum atomic E-state index is 0.190. The molecule has 0 aliphatic carbocycles. The van der Waals surface area contributed by atoms with Crippen LogP contribution in [0, 0.1) is 0 Å². The van der Waals surface area contributed by atoms with E-state index in [-0.39, 0.29) is 5.41 Å². The van der Waals surface area contributed by atoms with Crippen molar-refractivity contribution >= 4 is 5.82 Å². The van der Waals surface area contributed by atoms with Crippen molar-refractivity contribution in [1.82, 2.24) is 9.88 Å². The molecule has 4 nitrogen and oxygen atoms in total. The van der Waals surface area contributed by atoms with Gasteiger partial charge in [0.05, 0.1) is 6.61 Å². The third-order valence-corrected chi connectivity index (χ3v) is 4.95. The lowest BCUT2D eigenvalue weighted by Crippen LogP contribution is -2.47. The molecule has 140 valence electrons. The van der Waals surface area contributed by atoms with Crippen molar-refractivity contribution in [2.75, 3.05) is 44.2 Å². The van der Waals surface area contributed by atoms with E-state index >= 15 is 0 Å². The second-order valence-corrected chi connectivity index (χ2v) is 7.99. The van der Waals surface area contributed by atoms with Crippen LogP contribution in [-0.2, 0) is 5.41 Å². The molecule has 1 fully saturated rings. The summed E-state index contributed by atoms with van der Waals surface area (Å²) in [6, 6.07) is 14.6. The van der Waals surface area contributed by atoms with Crippen molar-refractivity contribution in [3.63, 3.8) is 0 Å². The van der Waals surface area contributed by atoms with Gasteiger partial charge in [-0.15, -0.1) is 0 Å². The standard InChI is InChI=1S/C22H31N3O/c1-22(2,3)19-8-10-20(11-9-19)26-18-6-13-24-14-16-25(17-15-24)21-7-4-5-12-23-21/h4-5,7-12H,6,13-18H2,1-3H3. The topological polar surface area (TPSA) is 28.6 Å². The molecule has 0 N–H and O–H groups in total. The molecule has 26 heavy (non-hydrogen) atoms. The maximum absolute atomic E-state index is 5.91. The Balaban J connectivity index is 1.35. The molecule has 0 amide bonds. The lowest BCUT2D eigenvalue weighted by Gasteiger charge is -2.35. The van der Waals surface area contributed by atoms with Gasteiger partial charge in [-0.25, -0.2) is 4.98 Å². The highest BCUT2D eigenvalue weighted by atomic mass is 16.5. The Morgan fingerprint density at radius 3 is 2.31 bits per heavy atom. The van der Waals surface area contributed by atoms with Gasteiger partial charge in [0, 0.05) is 38.9 Å². The van der Waals surface area contributed by atoms with Gasteiger partial charge in [-0.1, -0.05) is 39.0 Å². The summed E-state index contributed by atoms with van der Waals surface area (Å²) in [5.41, 5.74) is 1.53. The van der Waals surface area contributed by atoms with Crippen LogP contribution in [0.5, 0.6) is 5.75 Å². The summed E-state index contributed by atoms with van der Waals surface area (Å²) in [5.74, 6) is 2.06. The smallest absolute Gasteiger partial charge is 0.128 e. The summed E-state index contributed by atoms with van der Waals surface area (Å²) in [6.07, 6.45) is 2.93. The van der Waals surface area contributed by atoms with E-state index in [1.165, 1.54) is 5.56 Å². The van der Waals surface area contributed by atoms with Crippen LogP contribution in [0.2, 0.25) is 0 Å². The quantitative estimate of drug-likeness (QED) is 0.735. The Hall–Kier alpha value is -2.07. The Kier molecular flexibility index (Phi) is 6.15. The monoisotopic (exact) mass is 353 g/mol. The summed E-state index contributed by atoms with van der Waals surface area (Å²) in [5, 5.41) is 0. The van der Waals surface area contributed by atoms with Gasteiger partial charge >= 0.3 is 0 Å². The third kappa shape index (κ3) is 5.21. The average Bonchev–Trinajstić information content (AvgIpc) is 2.66. The number of benzene rings is 1. The van der Waals surface area contributed by atoms with Crippen molar-refractivity contribution in [3.05, 3.63) is 54.2 Å². The first kappa shape index (κ1) is 18.7. The Labute approximate surface area is 157 Å². The molecule has 0 atom stereocenters.